The van der Waals surface area contributed by atoms with E-state index in [1.807, 2.05) is 30.5 Å². The first kappa shape index (κ1) is 23.3. The first-order chi connectivity index (χ1) is 15.4. The molecule has 0 aliphatic heterocycles. The predicted octanol–water partition coefficient (Wildman–Crippen LogP) is 4.59. The molecule has 1 aromatic heterocycles. The summed E-state index contributed by atoms with van der Waals surface area (Å²) in [7, 11) is 0. The zero-order valence-corrected chi connectivity index (χ0v) is 19.2. The maximum absolute atomic E-state index is 12.4. The van der Waals surface area contributed by atoms with Crippen molar-refractivity contribution < 1.29 is 14.3 Å². The molecule has 0 spiro atoms. The Kier molecular flexibility index (Phi) is 7.83. The number of ketones is 1. The van der Waals surface area contributed by atoms with E-state index >= 15 is 0 Å². The SMILES string of the molecule is C=CCn1c(COc2ccc(C)cc2C)nnc1SCC(=O)Nc1cccc(C(C)=O)c1. The number of hydrogen-bond acceptors (Lipinski definition) is 6. The molecule has 1 N–H and O–H groups in total. The average Bonchev–Trinajstić information content (AvgIpc) is 3.13. The molecule has 0 saturated heterocycles. The van der Waals surface area contributed by atoms with Crippen molar-refractivity contribution in [2.75, 3.05) is 11.1 Å². The third kappa shape index (κ3) is 6.07. The van der Waals surface area contributed by atoms with Crippen LogP contribution in [0.25, 0.3) is 0 Å². The van der Waals surface area contributed by atoms with Gasteiger partial charge < -0.3 is 10.1 Å². The Bertz CT molecular complexity index is 1140. The van der Waals surface area contributed by atoms with Gasteiger partial charge in [-0.15, -0.1) is 16.8 Å². The number of thioether (sulfide) groups is 1. The minimum Gasteiger partial charge on any atom is -0.485 e. The molecule has 0 radical (unpaired) electrons. The fraction of sp³-hybridized carbons (Fsp3) is 0.250. The lowest BCUT2D eigenvalue weighted by Crippen LogP contribution is -2.15. The van der Waals surface area contributed by atoms with E-state index in [1.165, 1.54) is 24.2 Å². The molecular weight excluding hydrogens is 424 g/mol. The summed E-state index contributed by atoms with van der Waals surface area (Å²) >= 11 is 1.28. The monoisotopic (exact) mass is 450 g/mol. The lowest BCUT2D eigenvalue weighted by Gasteiger charge is -2.11. The third-order valence-corrected chi connectivity index (χ3v) is 5.64. The Morgan fingerprint density at radius 1 is 1.19 bits per heavy atom. The van der Waals surface area contributed by atoms with Crippen molar-refractivity contribution in [3.05, 3.63) is 77.6 Å². The Morgan fingerprint density at radius 3 is 2.72 bits per heavy atom. The maximum atomic E-state index is 12.4. The number of aryl methyl sites for hydroxylation is 2. The van der Waals surface area contributed by atoms with Crippen LogP contribution < -0.4 is 10.1 Å². The third-order valence-electron chi connectivity index (χ3n) is 4.68. The van der Waals surface area contributed by atoms with E-state index in [4.69, 9.17) is 4.74 Å². The average molecular weight is 451 g/mol. The van der Waals surface area contributed by atoms with Gasteiger partial charge in [0.2, 0.25) is 5.91 Å². The number of aromatic nitrogens is 3. The van der Waals surface area contributed by atoms with Crippen molar-refractivity contribution in [2.24, 2.45) is 0 Å². The molecule has 0 aliphatic rings. The van der Waals surface area contributed by atoms with Crippen molar-refractivity contribution in [3.63, 3.8) is 0 Å². The molecule has 0 aliphatic carbocycles. The number of allylic oxidation sites excluding steroid dienone is 1. The topological polar surface area (TPSA) is 86.1 Å². The molecule has 0 bridgehead atoms. The number of Topliss-reactive ketones (excluding diaryl/α,β-unsaturated/α-hetero) is 1. The second-order valence-corrected chi connectivity index (χ2v) is 8.27. The highest BCUT2D eigenvalue weighted by atomic mass is 32.2. The predicted molar refractivity (Wildman–Crippen MR) is 126 cm³/mol. The summed E-state index contributed by atoms with van der Waals surface area (Å²) in [5.41, 5.74) is 3.36. The van der Waals surface area contributed by atoms with E-state index in [9.17, 15) is 9.59 Å². The first-order valence-corrected chi connectivity index (χ1v) is 11.1. The molecule has 3 rings (SSSR count). The van der Waals surface area contributed by atoms with Crippen molar-refractivity contribution >= 4 is 29.1 Å². The molecule has 7 nitrogen and oxygen atoms in total. The minimum absolute atomic E-state index is 0.0522. The number of carbonyl (C=O) groups is 2. The number of nitrogens with one attached hydrogen (secondary N) is 1. The number of anilines is 1. The maximum Gasteiger partial charge on any atom is 0.234 e. The van der Waals surface area contributed by atoms with E-state index in [-0.39, 0.29) is 24.1 Å². The summed E-state index contributed by atoms with van der Waals surface area (Å²) in [6.45, 7) is 10.1. The lowest BCUT2D eigenvalue weighted by atomic mass is 10.1. The first-order valence-electron chi connectivity index (χ1n) is 10.1. The van der Waals surface area contributed by atoms with Gasteiger partial charge >= 0.3 is 0 Å². The number of amides is 1. The summed E-state index contributed by atoms with van der Waals surface area (Å²) in [5, 5.41) is 11.9. The Labute approximate surface area is 191 Å². The molecular formula is C24H26N4O3S. The van der Waals surface area contributed by atoms with Crippen LogP contribution in [0.5, 0.6) is 5.75 Å². The van der Waals surface area contributed by atoms with Crippen molar-refractivity contribution in [3.8, 4) is 5.75 Å². The summed E-state index contributed by atoms with van der Waals surface area (Å²) < 4.78 is 7.82. The zero-order valence-electron chi connectivity index (χ0n) is 18.4. The van der Waals surface area contributed by atoms with Gasteiger partial charge in [-0.2, -0.15) is 0 Å². The summed E-state index contributed by atoms with van der Waals surface area (Å²) in [5.74, 6) is 1.35. The van der Waals surface area contributed by atoms with Crippen LogP contribution in [0.4, 0.5) is 5.69 Å². The minimum atomic E-state index is -0.197. The van der Waals surface area contributed by atoms with Gasteiger partial charge in [0.05, 0.1) is 5.75 Å². The number of ether oxygens (including phenoxy) is 1. The van der Waals surface area contributed by atoms with E-state index in [0.717, 1.165) is 11.3 Å². The molecule has 0 unspecified atom stereocenters. The van der Waals surface area contributed by atoms with Gasteiger partial charge in [-0.05, 0) is 44.5 Å². The van der Waals surface area contributed by atoms with Gasteiger partial charge in [0, 0.05) is 17.8 Å². The molecule has 2 aromatic carbocycles. The Hall–Kier alpha value is -3.39. The van der Waals surface area contributed by atoms with Crippen LogP contribution in [0.15, 0.2) is 60.3 Å². The summed E-state index contributed by atoms with van der Waals surface area (Å²) in [6.07, 6.45) is 1.75. The molecule has 32 heavy (non-hydrogen) atoms. The lowest BCUT2D eigenvalue weighted by molar-refractivity contribution is -0.113. The van der Waals surface area contributed by atoms with Crippen molar-refractivity contribution in [2.45, 2.75) is 39.1 Å². The largest absolute Gasteiger partial charge is 0.485 e. The van der Waals surface area contributed by atoms with Crippen LogP contribution >= 0.6 is 11.8 Å². The number of nitrogens with zero attached hydrogens (tertiary/aromatic N) is 3. The van der Waals surface area contributed by atoms with Gasteiger partial charge in [0.15, 0.2) is 16.8 Å². The number of rotatable bonds is 10. The van der Waals surface area contributed by atoms with Crippen LogP contribution in [0.2, 0.25) is 0 Å². The summed E-state index contributed by atoms with van der Waals surface area (Å²) in [4.78, 5) is 23.9. The van der Waals surface area contributed by atoms with E-state index in [2.05, 4.69) is 28.2 Å². The van der Waals surface area contributed by atoms with Gasteiger partial charge in [-0.3, -0.25) is 14.2 Å². The normalized spacial score (nSPS) is 10.6. The quantitative estimate of drug-likeness (QED) is 0.276. The molecule has 0 saturated carbocycles. The van der Waals surface area contributed by atoms with Gasteiger partial charge in [-0.1, -0.05) is 47.7 Å². The molecule has 166 valence electrons. The second-order valence-electron chi connectivity index (χ2n) is 7.33. The molecule has 1 heterocycles. The Morgan fingerprint density at radius 2 is 2.00 bits per heavy atom. The second kappa shape index (κ2) is 10.8. The number of benzene rings is 2. The fourth-order valence-corrected chi connectivity index (χ4v) is 3.86. The summed E-state index contributed by atoms with van der Waals surface area (Å²) in [6, 6.07) is 12.9. The van der Waals surface area contributed by atoms with Gasteiger partial charge in [0.25, 0.3) is 0 Å². The van der Waals surface area contributed by atoms with Crippen LogP contribution in [-0.4, -0.2) is 32.2 Å². The van der Waals surface area contributed by atoms with Crippen LogP contribution in [-0.2, 0) is 17.9 Å². The molecule has 8 heteroatoms. The highest BCUT2D eigenvalue weighted by molar-refractivity contribution is 7.99. The molecule has 0 atom stereocenters. The standard InChI is InChI=1S/C24H26N4O3S/c1-5-11-28-22(14-31-21-10-9-16(2)12-17(21)3)26-27-24(28)32-15-23(30)25-20-8-6-7-19(13-20)18(4)29/h5-10,12-13H,1,11,14-15H2,2-4H3,(H,25,30). The van der Waals surface area contributed by atoms with E-state index in [1.54, 1.807) is 30.3 Å². The van der Waals surface area contributed by atoms with Crippen LogP contribution in [0, 0.1) is 13.8 Å². The van der Waals surface area contributed by atoms with E-state index in [0.29, 0.717) is 28.8 Å². The van der Waals surface area contributed by atoms with Crippen molar-refractivity contribution in [1.29, 1.82) is 0 Å². The number of carbonyl (C=O) groups excluding carboxylic acids is 2. The number of hydrogen-bond donors (Lipinski definition) is 1. The van der Waals surface area contributed by atoms with Crippen molar-refractivity contribution in [1.82, 2.24) is 14.8 Å². The fourth-order valence-electron chi connectivity index (χ4n) is 3.09. The van der Waals surface area contributed by atoms with E-state index < -0.39 is 0 Å². The van der Waals surface area contributed by atoms with Crippen LogP contribution in [0.1, 0.15) is 34.2 Å². The smallest absolute Gasteiger partial charge is 0.234 e. The molecule has 1 amide bonds. The highest BCUT2D eigenvalue weighted by Gasteiger charge is 2.15. The molecule has 3 aromatic rings. The molecule has 0 fully saturated rings. The Balaban J connectivity index is 1.63. The zero-order chi connectivity index (χ0) is 23.1. The van der Waals surface area contributed by atoms with Gasteiger partial charge in [-0.25, -0.2) is 0 Å². The highest BCUT2D eigenvalue weighted by Crippen LogP contribution is 2.22. The van der Waals surface area contributed by atoms with Crippen LogP contribution in [0.3, 0.4) is 0 Å². The van der Waals surface area contributed by atoms with Gasteiger partial charge in [0.1, 0.15) is 12.4 Å².